The van der Waals surface area contributed by atoms with Gasteiger partial charge in [0.2, 0.25) is 0 Å². The molecule has 1 aromatic heterocycles. The molecule has 34 heavy (non-hydrogen) atoms. The summed E-state index contributed by atoms with van der Waals surface area (Å²) in [6, 6.07) is 24.1. The molecule has 0 aliphatic carbocycles. The fourth-order valence-electron chi connectivity index (χ4n) is 4.61. The molecule has 0 radical (unpaired) electrons. The number of nitrogens with one attached hydrogen (secondary N) is 2. The van der Waals surface area contributed by atoms with Gasteiger partial charge in [-0.1, -0.05) is 30.3 Å². The minimum atomic E-state index is -0.266. The van der Waals surface area contributed by atoms with Gasteiger partial charge in [0.1, 0.15) is 17.5 Å². The molecule has 0 aliphatic rings. The average molecular weight is 459 g/mol. The van der Waals surface area contributed by atoms with E-state index < -0.39 is 0 Å². The van der Waals surface area contributed by atoms with Gasteiger partial charge in [-0.25, -0.2) is 13.2 Å². The SMILES string of the molecule is Fc1ccc(C(CCCNCc2ccc3[nH]c4ccc(F)cc4c3c2)c2ccc(F)cc2)cc1. The van der Waals surface area contributed by atoms with Crippen LogP contribution in [0.15, 0.2) is 84.9 Å². The summed E-state index contributed by atoms with van der Waals surface area (Å²) < 4.78 is 40.6. The van der Waals surface area contributed by atoms with Crippen molar-refractivity contribution in [1.82, 2.24) is 10.3 Å². The highest BCUT2D eigenvalue weighted by atomic mass is 19.1. The molecule has 0 bridgehead atoms. The van der Waals surface area contributed by atoms with Crippen molar-refractivity contribution in [2.75, 3.05) is 6.54 Å². The van der Waals surface area contributed by atoms with Gasteiger partial charge < -0.3 is 10.3 Å². The smallest absolute Gasteiger partial charge is 0.123 e. The number of aromatic amines is 1. The molecule has 2 nitrogen and oxygen atoms in total. The number of rotatable bonds is 8. The summed E-state index contributed by atoms with van der Waals surface area (Å²) in [5, 5.41) is 5.39. The maximum Gasteiger partial charge on any atom is 0.123 e. The Morgan fingerprint density at radius 3 is 1.85 bits per heavy atom. The zero-order chi connectivity index (χ0) is 23.5. The maximum absolute atomic E-state index is 13.7. The molecule has 5 heteroatoms. The molecule has 0 atom stereocenters. The van der Waals surface area contributed by atoms with E-state index in [1.54, 1.807) is 36.4 Å². The van der Waals surface area contributed by atoms with Crippen LogP contribution in [0.2, 0.25) is 0 Å². The summed E-state index contributed by atoms with van der Waals surface area (Å²) in [6.45, 7) is 1.51. The van der Waals surface area contributed by atoms with E-state index in [1.807, 2.05) is 6.07 Å². The molecule has 5 aromatic rings. The van der Waals surface area contributed by atoms with Gasteiger partial charge in [-0.05, 0) is 90.7 Å². The Labute approximate surface area is 196 Å². The third kappa shape index (κ3) is 4.85. The van der Waals surface area contributed by atoms with E-state index in [-0.39, 0.29) is 23.4 Å². The summed E-state index contributed by atoms with van der Waals surface area (Å²) in [4.78, 5) is 3.33. The van der Waals surface area contributed by atoms with E-state index in [1.165, 1.54) is 30.3 Å². The van der Waals surface area contributed by atoms with Crippen LogP contribution in [-0.2, 0) is 6.54 Å². The van der Waals surface area contributed by atoms with Gasteiger partial charge in [-0.3, -0.25) is 0 Å². The second-order valence-corrected chi connectivity index (χ2v) is 8.67. The van der Waals surface area contributed by atoms with E-state index in [4.69, 9.17) is 0 Å². The minimum absolute atomic E-state index is 0.0699. The second kappa shape index (κ2) is 9.74. The van der Waals surface area contributed by atoms with Crippen molar-refractivity contribution in [2.24, 2.45) is 0 Å². The first-order valence-corrected chi connectivity index (χ1v) is 11.5. The Morgan fingerprint density at radius 1 is 0.647 bits per heavy atom. The molecule has 1 heterocycles. The van der Waals surface area contributed by atoms with E-state index in [9.17, 15) is 13.2 Å². The molecule has 172 valence electrons. The maximum atomic E-state index is 13.7. The third-order valence-electron chi connectivity index (χ3n) is 6.35. The van der Waals surface area contributed by atoms with Crippen LogP contribution in [0.3, 0.4) is 0 Å². The van der Waals surface area contributed by atoms with Crippen molar-refractivity contribution in [2.45, 2.75) is 25.3 Å². The van der Waals surface area contributed by atoms with Crippen LogP contribution in [0.1, 0.15) is 35.4 Å². The zero-order valence-electron chi connectivity index (χ0n) is 18.6. The largest absolute Gasteiger partial charge is 0.355 e. The summed E-state index contributed by atoms with van der Waals surface area (Å²) in [7, 11) is 0. The molecule has 5 rings (SSSR count). The predicted octanol–water partition coefficient (Wildman–Crippen LogP) is 7.44. The van der Waals surface area contributed by atoms with E-state index >= 15 is 0 Å². The molecule has 0 saturated carbocycles. The van der Waals surface area contributed by atoms with Gasteiger partial charge >= 0.3 is 0 Å². The van der Waals surface area contributed by atoms with Crippen LogP contribution in [0, 0.1) is 17.5 Å². The molecule has 4 aromatic carbocycles. The predicted molar refractivity (Wildman–Crippen MR) is 131 cm³/mol. The Bertz CT molecular complexity index is 1360. The first kappa shape index (κ1) is 22.2. The lowest BCUT2D eigenvalue weighted by molar-refractivity contribution is 0.588. The monoisotopic (exact) mass is 458 g/mol. The Kier molecular flexibility index (Phi) is 6.37. The molecule has 0 aliphatic heterocycles. The van der Waals surface area contributed by atoms with Gasteiger partial charge in [-0.2, -0.15) is 0 Å². The fourth-order valence-corrected chi connectivity index (χ4v) is 4.61. The molecule has 0 unspecified atom stereocenters. The highest BCUT2D eigenvalue weighted by molar-refractivity contribution is 6.07. The van der Waals surface area contributed by atoms with E-state index in [0.29, 0.717) is 6.54 Å². The number of hydrogen-bond donors (Lipinski definition) is 2. The molecule has 0 fully saturated rings. The number of benzene rings is 4. The van der Waals surface area contributed by atoms with Gasteiger partial charge in [0.25, 0.3) is 0 Å². The number of aromatic nitrogens is 1. The first-order valence-electron chi connectivity index (χ1n) is 11.5. The quantitative estimate of drug-likeness (QED) is 0.232. The third-order valence-corrected chi connectivity index (χ3v) is 6.35. The Morgan fingerprint density at radius 2 is 1.21 bits per heavy atom. The summed E-state index contributed by atoms with van der Waals surface area (Å²) >= 11 is 0. The first-order chi connectivity index (χ1) is 16.6. The topological polar surface area (TPSA) is 27.8 Å². The summed E-state index contributed by atoms with van der Waals surface area (Å²) in [5.74, 6) is -0.703. The molecule has 0 saturated heterocycles. The molecular formula is C29H25F3N2. The van der Waals surface area contributed by atoms with Crippen molar-refractivity contribution in [3.63, 3.8) is 0 Å². The number of hydrogen-bond acceptors (Lipinski definition) is 1. The molecular weight excluding hydrogens is 433 g/mol. The fraction of sp³-hybridized carbons (Fsp3) is 0.172. The van der Waals surface area contributed by atoms with E-state index in [2.05, 4.69) is 22.4 Å². The Balaban J connectivity index is 1.23. The van der Waals surface area contributed by atoms with Crippen molar-refractivity contribution < 1.29 is 13.2 Å². The number of fused-ring (bicyclic) bond motifs is 3. The average Bonchev–Trinajstić information content (AvgIpc) is 3.20. The molecule has 0 spiro atoms. The summed E-state index contributed by atoms with van der Waals surface area (Å²) in [6.07, 6.45) is 1.75. The van der Waals surface area contributed by atoms with Crippen LogP contribution in [0.5, 0.6) is 0 Å². The lowest BCUT2D eigenvalue weighted by atomic mass is 9.87. The van der Waals surface area contributed by atoms with Gasteiger partial charge in [0.15, 0.2) is 0 Å². The Hall–Kier alpha value is -3.57. The van der Waals surface area contributed by atoms with Crippen LogP contribution in [0.25, 0.3) is 21.8 Å². The normalized spacial score (nSPS) is 11.6. The van der Waals surface area contributed by atoms with Crippen molar-refractivity contribution in [1.29, 1.82) is 0 Å². The number of H-pyrrole nitrogens is 1. The van der Waals surface area contributed by atoms with Crippen molar-refractivity contribution >= 4 is 21.8 Å². The standard InChI is InChI=1S/C29H25F3N2/c30-22-8-4-20(5-9-22)25(21-6-10-23(31)11-7-21)2-1-15-33-18-19-3-13-28-26(16-19)27-17-24(32)12-14-29(27)34-28/h3-14,16-17,25,33-34H,1-2,15,18H2. The highest BCUT2D eigenvalue weighted by Crippen LogP contribution is 2.30. The minimum Gasteiger partial charge on any atom is -0.355 e. The van der Waals surface area contributed by atoms with Crippen LogP contribution in [-0.4, -0.2) is 11.5 Å². The van der Waals surface area contributed by atoms with Gasteiger partial charge in [0, 0.05) is 34.3 Å². The van der Waals surface area contributed by atoms with Gasteiger partial charge in [0.05, 0.1) is 0 Å². The van der Waals surface area contributed by atoms with Crippen LogP contribution in [0.4, 0.5) is 13.2 Å². The lowest BCUT2D eigenvalue weighted by Gasteiger charge is -2.18. The van der Waals surface area contributed by atoms with Gasteiger partial charge in [-0.15, -0.1) is 0 Å². The summed E-state index contributed by atoms with van der Waals surface area (Å²) in [5.41, 5.74) is 5.08. The molecule has 0 amide bonds. The second-order valence-electron chi connectivity index (χ2n) is 8.67. The number of halogens is 3. The van der Waals surface area contributed by atoms with Crippen molar-refractivity contribution in [3.05, 3.63) is 119 Å². The lowest BCUT2D eigenvalue weighted by Crippen LogP contribution is -2.15. The van der Waals surface area contributed by atoms with Crippen molar-refractivity contribution in [3.8, 4) is 0 Å². The van der Waals surface area contributed by atoms with Crippen LogP contribution < -0.4 is 5.32 Å². The highest BCUT2D eigenvalue weighted by Gasteiger charge is 2.14. The van der Waals surface area contributed by atoms with E-state index in [0.717, 1.165) is 57.9 Å². The van der Waals surface area contributed by atoms with Crippen LogP contribution >= 0.6 is 0 Å². The molecule has 2 N–H and O–H groups in total. The zero-order valence-corrected chi connectivity index (χ0v) is 18.6.